The van der Waals surface area contributed by atoms with Crippen molar-refractivity contribution in [2.24, 2.45) is 0 Å². The van der Waals surface area contributed by atoms with Crippen LogP contribution in [0, 0.1) is 23.0 Å². The molecule has 0 spiro atoms. The highest BCUT2D eigenvalue weighted by molar-refractivity contribution is 6.02. The Morgan fingerprint density at radius 1 is 1.08 bits per heavy atom. The number of nitriles is 1. The van der Waals surface area contributed by atoms with Crippen molar-refractivity contribution in [2.45, 2.75) is 18.6 Å². The highest BCUT2D eigenvalue weighted by atomic mass is 19.1. The van der Waals surface area contributed by atoms with Gasteiger partial charge in [0.25, 0.3) is 0 Å². The van der Waals surface area contributed by atoms with E-state index >= 15 is 0 Å². The van der Waals surface area contributed by atoms with Gasteiger partial charge in [0, 0.05) is 60.6 Å². The summed E-state index contributed by atoms with van der Waals surface area (Å²) >= 11 is 0. The van der Waals surface area contributed by atoms with Gasteiger partial charge in [0.05, 0.1) is 29.5 Å². The molecule has 0 aliphatic carbocycles. The number of piperidine rings is 1. The smallest absolute Gasteiger partial charge is 0.159 e. The molecule has 0 radical (unpaired) electrons. The van der Waals surface area contributed by atoms with Gasteiger partial charge < -0.3 is 20.1 Å². The molecule has 2 fully saturated rings. The lowest BCUT2D eigenvalue weighted by atomic mass is 9.95. The number of fused-ring (bicyclic) bond motifs is 2. The van der Waals surface area contributed by atoms with Gasteiger partial charge in [-0.05, 0) is 42.3 Å². The van der Waals surface area contributed by atoms with Crippen molar-refractivity contribution < 1.29 is 18.6 Å². The van der Waals surface area contributed by atoms with Crippen LogP contribution < -0.4 is 10.2 Å². The molecule has 2 N–H and O–H groups in total. The first kappa shape index (κ1) is 23.3. The quantitative estimate of drug-likeness (QED) is 0.432. The van der Waals surface area contributed by atoms with E-state index in [4.69, 9.17) is 4.74 Å². The second-order valence-corrected chi connectivity index (χ2v) is 9.28. The summed E-state index contributed by atoms with van der Waals surface area (Å²) in [7, 11) is 0. The number of halogens is 2. The minimum absolute atomic E-state index is 0.0241. The third-order valence-electron chi connectivity index (χ3n) is 7.05. The molecule has 37 heavy (non-hydrogen) atoms. The summed E-state index contributed by atoms with van der Waals surface area (Å²) in [6.45, 7) is 2.74. The normalized spacial score (nSPS) is 19.4. The lowest BCUT2D eigenvalue weighted by Gasteiger charge is -2.43. The summed E-state index contributed by atoms with van der Waals surface area (Å²) in [5.41, 5.74) is 3.42. The number of nitrogens with one attached hydrogen (secondary N) is 1. The van der Waals surface area contributed by atoms with Crippen molar-refractivity contribution in [2.75, 3.05) is 31.1 Å². The largest absolute Gasteiger partial charge is 0.504 e. The number of hydrogen-bond acceptors (Lipinski definition) is 7. The van der Waals surface area contributed by atoms with Crippen LogP contribution in [0.1, 0.15) is 12.0 Å². The van der Waals surface area contributed by atoms with Gasteiger partial charge in [-0.1, -0.05) is 6.07 Å². The SMILES string of the molecule is N#Cc1ccnc(-c2ccc3ncc(-c4cc(F)cc(F)c4)c(N4CCC5NCCOC5C4)c3c2)c1O. The summed E-state index contributed by atoms with van der Waals surface area (Å²) < 4.78 is 34.6. The van der Waals surface area contributed by atoms with Crippen LogP contribution in [0.2, 0.25) is 0 Å². The number of nitrogens with zero attached hydrogens (tertiary/aromatic N) is 4. The third kappa shape index (κ3) is 4.24. The van der Waals surface area contributed by atoms with Gasteiger partial charge in [0.1, 0.15) is 23.4 Å². The van der Waals surface area contributed by atoms with Crippen LogP contribution in [0.5, 0.6) is 5.75 Å². The average molecular weight is 500 g/mol. The first-order valence-electron chi connectivity index (χ1n) is 12.1. The number of benzene rings is 2. The monoisotopic (exact) mass is 499 g/mol. The highest BCUT2D eigenvalue weighted by Gasteiger charge is 2.33. The van der Waals surface area contributed by atoms with E-state index in [0.29, 0.717) is 41.9 Å². The molecular weight excluding hydrogens is 476 g/mol. The van der Waals surface area contributed by atoms with E-state index in [2.05, 4.69) is 20.2 Å². The molecule has 2 aromatic carbocycles. The first-order chi connectivity index (χ1) is 18.0. The summed E-state index contributed by atoms with van der Waals surface area (Å²) in [6, 6.07) is 12.6. The molecule has 2 atom stereocenters. The Balaban J connectivity index is 1.56. The molecule has 186 valence electrons. The molecule has 0 bridgehead atoms. The van der Waals surface area contributed by atoms with Crippen molar-refractivity contribution in [3.63, 3.8) is 0 Å². The topological polar surface area (TPSA) is 94.3 Å². The maximum atomic E-state index is 14.3. The fourth-order valence-corrected chi connectivity index (χ4v) is 5.32. The van der Waals surface area contributed by atoms with Crippen LogP contribution >= 0.6 is 0 Å². The van der Waals surface area contributed by atoms with Crippen molar-refractivity contribution >= 4 is 16.6 Å². The summed E-state index contributed by atoms with van der Waals surface area (Å²) in [5.74, 6) is -1.55. The van der Waals surface area contributed by atoms with E-state index < -0.39 is 11.6 Å². The van der Waals surface area contributed by atoms with Gasteiger partial charge in [-0.25, -0.2) is 8.78 Å². The second kappa shape index (κ2) is 9.39. The number of aromatic hydroxyl groups is 1. The minimum atomic E-state index is -0.671. The molecular formula is C28H23F2N5O2. The Kier molecular flexibility index (Phi) is 5.91. The number of rotatable bonds is 3. The third-order valence-corrected chi connectivity index (χ3v) is 7.05. The predicted octanol–water partition coefficient (Wildman–Crippen LogP) is 4.39. The van der Waals surface area contributed by atoms with Crippen LogP contribution in [0.15, 0.2) is 54.9 Å². The van der Waals surface area contributed by atoms with Crippen molar-refractivity contribution in [1.82, 2.24) is 15.3 Å². The van der Waals surface area contributed by atoms with E-state index in [9.17, 15) is 19.1 Å². The Bertz CT molecular complexity index is 1530. The van der Waals surface area contributed by atoms with Crippen LogP contribution in [0.4, 0.5) is 14.5 Å². The van der Waals surface area contributed by atoms with Crippen molar-refractivity contribution in [3.05, 3.63) is 72.1 Å². The Hall–Kier alpha value is -4.13. The molecule has 2 saturated heterocycles. The number of aromatic nitrogens is 2. The number of hydrogen-bond donors (Lipinski definition) is 2. The van der Waals surface area contributed by atoms with Gasteiger partial charge in [-0.15, -0.1) is 0 Å². The predicted molar refractivity (Wildman–Crippen MR) is 135 cm³/mol. The molecule has 4 aromatic rings. The Labute approximate surface area is 212 Å². The average Bonchev–Trinajstić information content (AvgIpc) is 2.91. The summed E-state index contributed by atoms with van der Waals surface area (Å²) in [4.78, 5) is 11.1. The molecule has 2 unspecified atom stereocenters. The second-order valence-electron chi connectivity index (χ2n) is 9.28. The Morgan fingerprint density at radius 3 is 2.73 bits per heavy atom. The van der Waals surface area contributed by atoms with Crippen LogP contribution in [0.3, 0.4) is 0 Å². The summed E-state index contributed by atoms with van der Waals surface area (Å²) in [6.07, 6.45) is 3.94. The van der Waals surface area contributed by atoms with E-state index in [-0.39, 0.29) is 29.2 Å². The lowest BCUT2D eigenvalue weighted by Crippen LogP contribution is -2.57. The van der Waals surface area contributed by atoms with Gasteiger partial charge >= 0.3 is 0 Å². The number of pyridine rings is 2. The van der Waals surface area contributed by atoms with Gasteiger partial charge in [-0.2, -0.15) is 5.26 Å². The van der Waals surface area contributed by atoms with E-state index in [1.165, 1.54) is 24.4 Å². The summed E-state index contributed by atoms with van der Waals surface area (Å²) in [5, 5.41) is 24.2. The van der Waals surface area contributed by atoms with Gasteiger partial charge in [0.15, 0.2) is 5.75 Å². The van der Waals surface area contributed by atoms with Gasteiger partial charge in [0.2, 0.25) is 0 Å². The zero-order valence-corrected chi connectivity index (χ0v) is 19.8. The standard InChI is InChI=1S/C28H23F2N5O2/c29-19-9-18(10-20(30)12-19)22-14-34-23-2-1-16(26-28(36)17(13-31)3-5-33-26)11-21(23)27(22)35-7-4-24-25(15-35)37-8-6-32-24/h1-3,5,9-12,14,24-25,32,36H,4,6-8,15H2. The van der Waals surface area contributed by atoms with Crippen LogP contribution in [-0.2, 0) is 4.74 Å². The molecule has 6 rings (SSSR count). The van der Waals surface area contributed by atoms with E-state index in [0.717, 1.165) is 30.1 Å². The Morgan fingerprint density at radius 2 is 1.92 bits per heavy atom. The van der Waals surface area contributed by atoms with Crippen molar-refractivity contribution in [1.29, 1.82) is 5.26 Å². The molecule has 2 aliphatic heterocycles. The van der Waals surface area contributed by atoms with Crippen molar-refractivity contribution in [3.8, 4) is 34.2 Å². The zero-order valence-electron chi connectivity index (χ0n) is 19.8. The zero-order chi connectivity index (χ0) is 25.5. The number of morpholine rings is 1. The first-order valence-corrected chi connectivity index (χ1v) is 12.1. The van der Waals surface area contributed by atoms with Crippen LogP contribution in [-0.4, -0.2) is 53.5 Å². The molecule has 9 heteroatoms. The fraction of sp³-hybridized carbons (Fsp3) is 0.250. The molecule has 4 heterocycles. The molecule has 0 amide bonds. The molecule has 0 saturated carbocycles. The molecule has 2 aromatic heterocycles. The maximum absolute atomic E-state index is 14.3. The molecule has 7 nitrogen and oxygen atoms in total. The van der Waals surface area contributed by atoms with E-state index in [1.807, 2.05) is 18.2 Å². The van der Waals surface area contributed by atoms with Crippen LogP contribution in [0.25, 0.3) is 33.3 Å². The highest BCUT2D eigenvalue weighted by Crippen LogP contribution is 2.41. The maximum Gasteiger partial charge on any atom is 0.159 e. The number of anilines is 1. The minimum Gasteiger partial charge on any atom is -0.504 e. The van der Waals surface area contributed by atoms with Gasteiger partial charge in [-0.3, -0.25) is 9.97 Å². The lowest BCUT2D eigenvalue weighted by molar-refractivity contribution is -0.00896. The fourth-order valence-electron chi connectivity index (χ4n) is 5.32. The molecule has 2 aliphatic rings. The van der Waals surface area contributed by atoms with E-state index in [1.54, 1.807) is 12.3 Å². The number of ether oxygens (including phenoxy) is 1.